The van der Waals surface area contributed by atoms with Crippen LogP contribution in [0.15, 0.2) is 24.3 Å². The summed E-state index contributed by atoms with van der Waals surface area (Å²) in [6.07, 6.45) is 2.95. The fourth-order valence-electron chi connectivity index (χ4n) is 3.94. The molecular formula is C17H24N2O. The minimum atomic E-state index is 0.167. The van der Waals surface area contributed by atoms with Crippen LogP contribution < -0.4 is 5.73 Å². The van der Waals surface area contributed by atoms with E-state index in [2.05, 4.69) is 24.8 Å². The fourth-order valence-corrected chi connectivity index (χ4v) is 3.94. The SMILES string of the molecule is CC(C)CN1C2CCC(C(=O)C2)C1c1cccc(N)c1. The second-order valence-electron chi connectivity index (χ2n) is 6.71. The molecule has 2 N–H and O–H groups in total. The van der Waals surface area contributed by atoms with E-state index in [0.29, 0.717) is 17.7 Å². The highest BCUT2D eigenvalue weighted by atomic mass is 16.1. The van der Waals surface area contributed by atoms with Crippen LogP contribution in [-0.2, 0) is 4.79 Å². The summed E-state index contributed by atoms with van der Waals surface area (Å²) in [5.41, 5.74) is 7.95. The molecule has 3 heteroatoms. The summed E-state index contributed by atoms with van der Waals surface area (Å²) in [6.45, 7) is 5.56. The van der Waals surface area contributed by atoms with E-state index in [1.165, 1.54) is 12.0 Å². The molecule has 1 aliphatic carbocycles. The number of benzene rings is 1. The molecule has 0 radical (unpaired) electrons. The summed E-state index contributed by atoms with van der Waals surface area (Å²) >= 11 is 0. The highest BCUT2D eigenvalue weighted by Crippen LogP contribution is 2.46. The normalized spacial score (nSPS) is 30.1. The molecule has 0 spiro atoms. The van der Waals surface area contributed by atoms with Gasteiger partial charge in [-0.1, -0.05) is 26.0 Å². The maximum atomic E-state index is 12.3. The number of Topliss-reactive ketones (excluding diaryl/α,β-unsaturated/α-hetero) is 1. The van der Waals surface area contributed by atoms with E-state index in [9.17, 15) is 4.79 Å². The summed E-state index contributed by atoms with van der Waals surface area (Å²) in [6, 6.07) is 8.76. The Kier molecular flexibility index (Phi) is 3.55. The van der Waals surface area contributed by atoms with Crippen molar-refractivity contribution in [2.24, 2.45) is 11.8 Å². The van der Waals surface area contributed by atoms with Gasteiger partial charge in [-0.05, 0) is 36.5 Å². The van der Waals surface area contributed by atoms with Gasteiger partial charge in [0.15, 0.2) is 0 Å². The topological polar surface area (TPSA) is 46.3 Å². The number of ketones is 1. The molecule has 0 aromatic heterocycles. The van der Waals surface area contributed by atoms with Crippen LogP contribution >= 0.6 is 0 Å². The molecule has 3 unspecified atom stereocenters. The summed E-state index contributed by atoms with van der Waals surface area (Å²) < 4.78 is 0. The Morgan fingerprint density at radius 3 is 2.80 bits per heavy atom. The summed E-state index contributed by atoms with van der Waals surface area (Å²) in [7, 11) is 0. The van der Waals surface area contributed by atoms with Gasteiger partial charge in [0.05, 0.1) is 0 Å². The molecule has 3 fully saturated rings. The zero-order valence-electron chi connectivity index (χ0n) is 12.4. The number of nitrogens with two attached hydrogens (primary N) is 1. The van der Waals surface area contributed by atoms with Crippen LogP contribution in [0.1, 0.15) is 44.7 Å². The number of carbonyl (C=O) groups excluding carboxylic acids is 1. The van der Waals surface area contributed by atoms with Gasteiger partial charge in [0.2, 0.25) is 0 Å². The summed E-state index contributed by atoms with van der Waals surface area (Å²) in [5, 5.41) is 0. The number of nitrogens with zero attached hydrogens (tertiary/aromatic N) is 1. The lowest BCUT2D eigenvalue weighted by Gasteiger charge is -2.51. The molecule has 0 amide bonds. The van der Waals surface area contributed by atoms with E-state index in [4.69, 9.17) is 5.73 Å². The zero-order chi connectivity index (χ0) is 14.3. The van der Waals surface area contributed by atoms with Gasteiger partial charge in [0, 0.05) is 36.7 Å². The Hall–Kier alpha value is -1.35. The van der Waals surface area contributed by atoms with Crippen molar-refractivity contribution < 1.29 is 4.79 Å². The van der Waals surface area contributed by atoms with Gasteiger partial charge < -0.3 is 5.73 Å². The second kappa shape index (κ2) is 5.21. The van der Waals surface area contributed by atoms with Crippen LogP contribution in [0.5, 0.6) is 0 Å². The van der Waals surface area contributed by atoms with E-state index in [0.717, 1.165) is 25.1 Å². The van der Waals surface area contributed by atoms with Gasteiger partial charge in [-0.15, -0.1) is 0 Å². The molecular weight excluding hydrogens is 248 g/mol. The third kappa shape index (κ3) is 2.35. The number of fused-ring (bicyclic) bond motifs is 3. The first-order valence-corrected chi connectivity index (χ1v) is 7.70. The van der Waals surface area contributed by atoms with Crippen LogP contribution in [0.4, 0.5) is 5.69 Å². The first kappa shape index (κ1) is 13.6. The van der Waals surface area contributed by atoms with Crippen molar-refractivity contribution in [3.8, 4) is 0 Å². The van der Waals surface area contributed by atoms with Crippen LogP contribution in [-0.4, -0.2) is 23.3 Å². The number of piperidine rings is 2. The average Bonchev–Trinajstić information content (AvgIpc) is 2.39. The fraction of sp³-hybridized carbons (Fsp3) is 0.588. The van der Waals surface area contributed by atoms with E-state index < -0.39 is 0 Å². The predicted octanol–water partition coefficient (Wildman–Crippen LogP) is 3.02. The van der Waals surface area contributed by atoms with E-state index in [-0.39, 0.29) is 12.0 Å². The monoisotopic (exact) mass is 272 g/mol. The Bertz CT molecular complexity index is 511. The molecule has 4 rings (SSSR count). The molecule has 1 saturated carbocycles. The lowest BCUT2D eigenvalue weighted by molar-refractivity contribution is -0.138. The Morgan fingerprint density at radius 2 is 2.15 bits per heavy atom. The predicted molar refractivity (Wildman–Crippen MR) is 81.3 cm³/mol. The van der Waals surface area contributed by atoms with Gasteiger partial charge in [-0.2, -0.15) is 0 Å². The second-order valence-corrected chi connectivity index (χ2v) is 6.71. The highest BCUT2D eigenvalue weighted by molar-refractivity contribution is 5.84. The standard InChI is InChI=1S/C17H24N2O/c1-11(2)10-19-14-6-7-15(16(20)9-14)17(19)12-4-3-5-13(18)8-12/h3-5,8,11,14-15,17H,6-7,9-10,18H2,1-2H3. The summed E-state index contributed by atoms with van der Waals surface area (Å²) in [4.78, 5) is 14.9. The third-order valence-corrected chi connectivity index (χ3v) is 4.70. The van der Waals surface area contributed by atoms with Gasteiger partial charge in [-0.25, -0.2) is 0 Å². The number of rotatable bonds is 3. The van der Waals surface area contributed by atoms with Gasteiger partial charge in [-0.3, -0.25) is 9.69 Å². The highest BCUT2D eigenvalue weighted by Gasteiger charge is 2.46. The van der Waals surface area contributed by atoms with E-state index in [1.54, 1.807) is 0 Å². The maximum absolute atomic E-state index is 12.3. The minimum absolute atomic E-state index is 0.167. The van der Waals surface area contributed by atoms with Crippen molar-refractivity contribution in [2.45, 2.75) is 45.2 Å². The number of nitrogen functional groups attached to an aromatic ring is 1. The third-order valence-electron chi connectivity index (χ3n) is 4.70. The molecule has 3 nitrogen and oxygen atoms in total. The van der Waals surface area contributed by atoms with Crippen LogP contribution in [0, 0.1) is 11.8 Å². The summed E-state index contributed by atoms with van der Waals surface area (Å²) in [5.74, 6) is 1.24. The molecule has 108 valence electrons. The molecule has 1 aromatic carbocycles. The van der Waals surface area contributed by atoms with Crippen LogP contribution in [0.2, 0.25) is 0 Å². The first-order valence-electron chi connectivity index (χ1n) is 7.70. The quantitative estimate of drug-likeness (QED) is 0.860. The average molecular weight is 272 g/mol. The van der Waals surface area contributed by atoms with Crippen molar-refractivity contribution in [1.82, 2.24) is 4.90 Å². The van der Waals surface area contributed by atoms with Crippen molar-refractivity contribution in [1.29, 1.82) is 0 Å². The Balaban J connectivity index is 1.97. The molecule has 1 aromatic rings. The lowest BCUT2D eigenvalue weighted by Crippen LogP contribution is -2.55. The minimum Gasteiger partial charge on any atom is -0.399 e. The molecule has 3 aliphatic rings. The largest absolute Gasteiger partial charge is 0.399 e. The Morgan fingerprint density at radius 1 is 1.35 bits per heavy atom. The van der Waals surface area contributed by atoms with Crippen molar-refractivity contribution in [2.75, 3.05) is 12.3 Å². The lowest BCUT2D eigenvalue weighted by atomic mass is 9.71. The van der Waals surface area contributed by atoms with Crippen molar-refractivity contribution in [3.63, 3.8) is 0 Å². The van der Waals surface area contributed by atoms with E-state index >= 15 is 0 Å². The maximum Gasteiger partial charge on any atom is 0.139 e. The van der Waals surface area contributed by atoms with Crippen LogP contribution in [0.25, 0.3) is 0 Å². The molecule has 2 aliphatic heterocycles. The molecule has 20 heavy (non-hydrogen) atoms. The van der Waals surface area contributed by atoms with Gasteiger partial charge in [0.1, 0.15) is 5.78 Å². The van der Waals surface area contributed by atoms with Crippen molar-refractivity contribution in [3.05, 3.63) is 29.8 Å². The number of hydrogen-bond acceptors (Lipinski definition) is 3. The molecule has 2 bridgehead atoms. The molecule has 3 atom stereocenters. The van der Waals surface area contributed by atoms with E-state index in [1.807, 2.05) is 18.2 Å². The zero-order valence-corrected chi connectivity index (χ0v) is 12.4. The van der Waals surface area contributed by atoms with Gasteiger partial charge >= 0.3 is 0 Å². The van der Waals surface area contributed by atoms with Crippen LogP contribution in [0.3, 0.4) is 0 Å². The number of carbonyl (C=O) groups is 1. The van der Waals surface area contributed by atoms with Crippen molar-refractivity contribution >= 4 is 11.5 Å². The molecule has 2 heterocycles. The Labute approximate surface area is 121 Å². The number of hydrogen-bond donors (Lipinski definition) is 1. The first-order chi connectivity index (χ1) is 9.56. The molecule has 2 saturated heterocycles. The smallest absolute Gasteiger partial charge is 0.139 e. The number of anilines is 1. The van der Waals surface area contributed by atoms with Gasteiger partial charge in [0.25, 0.3) is 0 Å².